The number of aliphatic carboxylic acids is 1. The number of ether oxygens (including phenoxy) is 3. The van der Waals surface area contributed by atoms with E-state index >= 15 is 0 Å². The van der Waals surface area contributed by atoms with E-state index in [4.69, 9.17) is 36.0 Å². The number of halogens is 1. The maximum absolute atomic E-state index is 11.1. The van der Waals surface area contributed by atoms with Gasteiger partial charge < -0.3 is 19.3 Å². The predicted molar refractivity (Wildman–Crippen MR) is 130 cm³/mol. The van der Waals surface area contributed by atoms with Gasteiger partial charge in [0.15, 0.2) is 6.61 Å². The van der Waals surface area contributed by atoms with Crippen LogP contribution in [0, 0.1) is 0 Å². The molecule has 0 unspecified atom stereocenters. The van der Waals surface area contributed by atoms with Crippen molar-refractivity contribution in [3.05, 3.63) is 83.4 Å². The third-order valence-electron chi connectivity index (χ3n) is 5.25. The monoisotopic (exact) mass is 478 g/mol. The Balaban J connectivity index is 1.82. The summed E-state index contributed by atoms with van der Waals surface area (Å²) in [6, 6.07) is 22.4. The molecule has 8 heteroatoms. The molecule has 1 N–H and O–H groups in total. The van der Waals surface area contributed by atoms with E-state index in [9.17, 15) is 4.79 Å². The molecule has 0 aliphatic heterocycles. The van der Waals surface area contributed by atoms with Crippen molar-refractivity contribution < 1.29 is 24.1 Å². The highest BCUT2D eigenvalue weighted by Crippen LogP contribution is 2.36. The maximum Gasteiger partial charge on any atom is 0.341 e. The van der Waals surface area contributed by atoms with Gasteiger partial charge in [0.1, 0.15) is 17.2 Å². The number of hydrogen-bond acceptors (Lipinski definition) is 5. The molecule has 0 bridgehead atoms. The molecule has 7 nitrogen and oxygen atoms in total. The normalized spacial score (nSPS) is 10.7. The standard InChI is InChI=1S/C26H23ClN2O5/c1-32-20-11-12-21(25(13-20)34-16-26(30)31)22-14-23(17-7-9-19(27)10-8-17)29(28-22)15-18-5-3-4-6-24(18)33-2/h3-14H,15-16H2,1-2H3,(H,30,31). The van der Waals surface area contributed by atoms with E-state index in [2.05, 4.69) is 0 Å². The third kappa shape index (κ3) is 5.15. The summed E-state index contributed by atoms with van der Waals surface area (Å²) >= 11 is 6.10. The Morgan fingerprint density at radius 2 is 1.74 bits per heavy atom. The SMILES string of the molecule is COc1ccc(-c2cc(-c3ccc(Cl)cc3)n(Cc3ccccc3OC)n2)c(OCC(=O)O)c1. The van der Waals surface area contributed by atoms with Crippen LogP contribution in [0.4, 0.5) is 0 Å². The van der Waals surface area contributed by atoms with E-state index in [0.717, 1.165) is 22.6 Å². The van der Waals surface area contributed by atoms with Crippen molar-refractivity contribution in [2.24, 2.45) is 0 Å². The highest BCUT2D eigenvalue weighted by molar-refractivity contribution is 6.30. The molecule has 0 fully saturated rings. The lowest BCUT2D eigenvalue weighted by Gasteiger charge is -2.12. The molecule has 0 atom stereocenters. The third-order valence-corrected chi connectivity index (χ3v) is 5.50. The molecule has 1 heterocycles. The Bertz CT molecular complexity index is 1300. The summed E-state index contributed by atoms with van der Waals surface area (Å²) in [6.45, 7) is -0.0183. The molecular weight excluding hydrogens is 456 g/mol. The van der Waals surface area contributed by atoms with Gasteiger partial charge in [0.05, 0.1) is 32.2 Å². The largest absolute Gasteiger partial charge is 0.497 e. The van der Waals surface area contributed by atoms with Gasteiger partial charge in [-0.2, -0.15) is 5.10 Å². The first-order chi connectivity index (χ1) is 16.5. The topological polar surface area (TPSA) is 82.8 Å². The zero-order chi connectivity index (χ0) is 24.1. The van der Waals surface area contributed by atoms with Crippen molar-refractivity contribution in [3.8, 4) is 39.8 Å². The first-order valence-electron chi connectivity index (χ1n) is 10.5. The Morgan fingerprint density at radius 3 is 2.44 bits per heavy atom. The van der Waals surface area contributed by atoms with E-state index in [1.807, 2.05) is 59.3 Å². The molecule has 0 radical (unpaired) electrons. The van der Waals surface area contributed by atoms with Crippen molar-refractivity contribution in [3.63, 3.8) is 0 Å². The molecule has 0 aliphatic rings. The van der Waals surface area contributed by atoms with Gasteiger partial charge in [0.25, 0.3) is 0 Å². The Labute approximate surface area is 202 Å². The fraction of sp³-hybridized carbons (Fsp3) is 0.154. The quantitative estimate of drug-likeness (QED) is 0.347. The van der Waals surface area contributed by atoms with Crippen molar-refractivity contribution in [2.45, 2.75) is 6.54 Å². The Hall–Kier alpha value is -3.97. The molecule has 174 valence electrons. The summed E-state index contributed by atoms with van der Waals surface area (Å²) in [7, 11) is 3.17. The number of aromatic nitrogens is 2. The number of carboxylic acids is 1. The number of carbonyl (C=O) groups is 1. The lowest BCUT2D eigenvalue weighted by Crippen LogP contribution is -2.10. The number of carboxylic acid groups (broad SMARTS) is 1. The van der Waals surface area contributed by atoms with E-state index in [-0.39, 0.29) is 0 Å². The lowest BCUT2D eigenvalue weighted by molar-refractivity contribution is -0.139. The van der Waals surface area contributed by atoms with Crippen LogP contribution in [-0.4, -0.2) is 41.7 Å². The van der Waals surface area contributed by atoms with E-state index in [1.54, 1.807) is 25.3 Å². The second-order valence-electron chi connectivity index (χ2n) is 7.44. The maximum atomic E-state index is 11.1. The molecular formula is C26H23ClN2O5. The van der Waals surface area contributed by atoms with Crippen LogP contribution in [0.15, 0.2) is 72.8 Å². The van der Waals surface area contributed by atoms with E-state index in [1.165, 1.54) is 7.11 Å². The second kappa shape index (κ2) is 10.3. The summed E-state index contributed by atoms with van der Waals surface area (Å²) < 4.78 is 18.2. The van der Waals surface area contributed by atoms with Gasteiger partial charge in [-0.15, -0.1) is 0 Å². The fourth-order valence-corrected chi connectivity index (χ4v) is 3.74. The van der Waals surface area contributed by atoms with E-state index < -0.39 is 12.6 Å². The first kappa shape index (κ1) is 23.2. The van der Waals surface area contributed by atoms with Gasteiger partial charge in [-0.3, -0.25) is 4.68 Å². The average molecular weight is 479 g/mol. The highest BCUT2D eigenvalue weighted by Gasteiger charge is 2.18. The number of nitrogens with zero attached hydrogens (tertiary/aromatic N) is 2. The van der Waals surface area contributed by atoms with Crippen molar-refractivity contribution in [1.82, 2.24) is 9.78 Å². The van der Waals surface area contributed by atoms with Gasteiger partial charge in [-0.1, -0.05) is 41.9 Å². The van der Waals surface area contributed by atoms with Crippen LogP contribution in [-0.2, 0) is 11.3 Å². The summed E-state index contributed by atoms with van der Waals surface area (Å²) in [6.07, 6.45) is 0. The summed E-state index contributed by atoms with van der Waals surface area (Å²) in [5.41, 5.74) is 4.03. The molecule has 0 aliphatic carbocycles. The Morgan fingerprint density at radius 1 is 0.971 bits per heavy atom. The van der Waals surface area contributed by atoms with Crippen LogP contribution in [0.1, 0.15) is 5.56 Å². The van der Waals surface area contributed by atoms with Crippen LogP contribution in [0.5, 0.6) is 17.2 Å². The van der Waals surface area contributed by atoms with Gasteiger partial charge in [-0.25, -0.2) is 4.79 Å². The minimum absolute atomic E-state index is 0.367. The smallest absolute Gasteiger partial charge is 0.341 e. The predicted octanol–water partition coefficient (Wildman–Crippen LogP) is 5.40. The minimum Gasteiger partial charge on any atom is -0.497 e. The molecule has 4 aromatic rings. The number of para-hydroxylation sites is 1. The number of methoxy groups -OCH3 is 2. The van der Waals surface area contributed by atoms with Crippen molar-refractivity contribution in [1.29, 1.82) is 0 Å². The molecule has 0 spiro atoms. The van der Waals surface area contributed by atoms with Crippen LogP contribution in [0.3, 0.4) is 0 Å². The van der Waals surface area contributed by atoms with Crippen molar-refractivity contribution >= 4 is 17.6 Å². The lowest BCUT2D eigenvalue weighted by atomic mass is 10.1. The fourth-order valence-electron chi connectivity index (χ4n) is 3.62. The molecule has 34 heavy (non-hydrogen) atoms. The molecule has 0 saturated heterocycles. The van der Waals surface area contributed by atoms with Gasteiger partial charge in [0, 0.05) is 22.2 Å². The Kier molecular flexibility index (Phi) is 7.04. The van der Waals surface area contributed by atoms with Crippen LogP contribution in [0.2, 0.25) is 5.02 Å². The van der Waals surface area contributed by atoms with Crippen molar-refractivity contribution in [2.75, 3.05) is 20.8 Å². The molecule has 0 amide bonds. The minimum atomic E-state index is -1.07. The number of rotatable bonds is 9. The van der Waals surface area contributed by atoms with Gasteiger partial charge >= 0.3 is 5.97 Å². The van der Waals surface area contributed by atoms with Gasteiger partial charge in [0.2, 0.25) is 0 Å². The van der Waals surface area contributed by atoms with Crippen LogP contribution < -0.4 is 14.2 Å². The number of hydrogen-bond donors (Lipinski definition) is 1. The highest BCUT2D eigenvalue weighted by atomic mass is 35.5. The first-order valence-corrected chi connectivity index (χ1v) is 10.8. The summed E-state index contributed by atoms with van der Waals surface area (Å²) in [5, 5.41) is 14.6. The second-order valence-corrected chi connectivity index (χ2v) is 7.87. The molecule has 4 rings (SSSR count). The number of benzene rings is 3. The zero-order valence-corrected chi connectivity index (χ0v) is 19.5. The molecule has 0 saturated carbocycles. The zero-order valence-electron chi connectivity index (χ0n) is 18.7. The summed E-state index contributed by atoms with van der Waals surface area (Å²) in [4.78, 5) is 11.1. The van der Waals surface area contributed by atoms with Gasteiger partial charge in [-0.05, 0) is 42.0 Å². The molecule has 3 aromatic carbocycles. The molecule has 1 aromatic heterocycles. The summed E-state index contributed by atoms with van der Waals surface area (Å²) in [5.74, 6) is 0.607. The van der Waals surface area contributed by atoms with E-state index in [0.29, 0.717) is 34.3 Å². The average Bonchev–Trinajstić information content (AvgIpc) is 3.26. The van der Waals surface area contributed by atoms with Crippen LogP contribution in [0.25, 0.3) is 22.5 Å². The van der Waals surface area contributed by atoms with Crippen LogP contribution >= 0.6 is 11.6 Å².